The van der Waals surface area contributed by atoms with E-state index in [9.17, 15) is 9.59 Å². The Bertz CT molecular complexity index is 715. The minimum Gasteiger partial charge on any atom is -0.444 e. The number of hydrogen-bond acceptors (Lipinski definition) is 3. The lowest BCUT2D eigenvalue weighted by Crippen LogP contribution is -2.48. The predicted molar refractivity (Wildman–Crippen MR) is 110 cm³/mol. The van der Waals surface area contributed by atoms with E-state index in [2.05, 4.69) is 18.2 Å². The zero-order valence-electron chi connectivity index (χ0n) is 17.8. The zero-order valence-corrected chi connectivity index (χ0v) is 17.8. The fourth-order valence-electron chi connectivity index (χ4n) is 4.16. The average molecular weight is 387 g/mol. The number of likely N-dealkylation sites (N-methyl/N-ethyl adjacent to an activating group) is 1. The molecule has 154 valence electrons. The molecule has 0 atom stereocenters. The largest absolute Gasteiger partial charge is 0.444 e. The van der Waals surface area contributed by atoms with Crippen molar-refractivity contribution in [3.05, 3.63) is 34.9 Å². The quantitative estimate of drug-likeness (QED) is 0.790. The highest BCUT2D eigenvalue weighted by atomic mass is 16.6. The Kier molecular flexibility index (Phi) is 6.31. The van der Waals surface area contributed by atoms with Crippen LogP contribution in [0, 0.1) is 0 Å². The van der Waals surface area contributed by atoms with E-state index in [1.54, 1.807) is 4.90 Å². The lowest BCUT2D eigenvalue weighted by Gasteiger charge is -2.37. The number of piperidine rings is 1. The smallest absolute Gasteiger partial charge is 0.410 e. The summed E-state index contributed by atoms with van der Waals surface area (Å²) in [6.45, 7) is 6.91. The third-order valence-electron chi connectivity index (χ3n) is 5.83. The second kappa shape index (κ2) is 8.54. The van der Waals surface area contributed by atoms with Gasteiger partial charge < -0.3 is 14.5 Å². The Morgan fingerprint density at radius 2 is 1.75 bits per heavy atom. The second-order valence-electron chi connectivity index (χ2n) is 9.19. The summed E-state index contributed by atoms with van der Waals surface area (Å²) in [5, 5.41) is 0. The molecule has 2 aliphatic rings. The van der Waals surface area contributed by atoms with Crippen LogP contribution in [0.15, 0.2) is 18.2 Å². The van der Waals surface area contributed by atoms with Gasteiger partial charge in [-0.05, 0) is 76.0 Å². The lowest BCUT2D eigenvalue weighted by atomic mass is 9.90. The molecule has 3 rings (SSSR count). The van der Waals surface area contributed by atoms with Crippen molar-refractivity contribution in [1.82, 2.24) is 9.80 Å². The van der Waals surface area contributed by atoms with Crippen LogP contribution in [0.1, 0.15) is 63.1 Å². The van der Waals surface area contributed by atoms with E-state index in [0.717, 1.165) is 24.8 Å². The maximum Gasteiger partial charge on any atom is 0.410 e. The number of aryl methyl sites for hydroxylation is 2. The molecule has 2 amide bonds. The highest BCUT2D eigenvalue weighted by Crippen LogP contribution is 2.23. The van der Waals surface area contributed by atoms with E-state index < -0.39 is 5.60 Å². The van der Waals surface area contributed by atoms with E-state index in [1.165, 1.54) is 30.4 Å². The first kappa shape index (κ1) is 20.7. The third-order valence-corrected chi connectivity index (χ3v) is 5.83. The van der Waals surface area contributed by atoms with Crippen LogP contribution in [0.25, 0.3) is 0 Å². The van der Waals surface area contributed by atoms with Gasteiger partial charge in [0.15, 0.2) is 0 Å². The van der Waals surface area contributed by atoms with Crippen molar-refractivity contribution in [3.8, 4) is 0 Å². The maximum absolute atomic E-state index is 12.8. The van der Waals surface area contributed by atoms with Gasteiger partial charge in [-0.15, -0.1) is 0 Å². The van der Waals surface area contributed by atoms with Crippen LogP contribution in [-0.2, 0) is 28.8 Å². The van der Waals surface area contributed by atoms with Gasteiger partial charge in [0.25, 0.3) is 0 Å². The molecule has 0 bridgehead atoms. The zero-order chi connectivity index (χ0) is 20.3. The fraction of sp³-hybridized carbons (Fsp3) is 0.652. The normalized spacial score (nSPS) is 17.8. The Hall–Kier alpha value is -2.04. The van der Waals surface area contributed by atoms with Gasteiger partial charge in [-0.1, -0.05) is 18.2 Å². The number of rotatable bonds is 3. The van der Waals surface area contributed by atoms with Gasteiger partial charge in [0.2, 0.25) is 5.91 Å². The SMILES string of the molecule is CN(C(=O)Cc1ccc2c(c1)CCCC2)C1CCN(C(=O)OC(C)(C)C)CC1. The third kappa shape index (κ3) is 5.27. The molecule has 1 aromatic carbocycles. The van der Waals surface area contributed by atoms with E-state index in [-0.39, 0.29) is 18.0 Å². The highest BCUT2D eigenvalue weighted by Gasteiger charge is 2.30. The van der Waals surface area contributed by atoms with Crippen molar-refractivity contribution < 1.29 is 14.3 Å². The molecule has 1 fully saturated rings. The van der Waals surface area contributed by atoms with Gasteiger partial charge in [-0.2, -0.15) is 0 Å². The van der Waals surface area contributed by atoms with Gasteiger partial charge in [0.05, 0.1) is 6.42 Å². The number of carbonyl (C=O) groups is 2. The lowest BCUT2D eigenvalue weighted by molar-refractivity contribution is -0.132. The molecule has 0 N–H and O–H groups in total. The number of fused-ring (bicyclic) bond motifs is 1. The van der Waals surface area contributed by atoms with Crippen molar-refractivity contribution >= 4 is 12.0 Å². The topological polar surface area (TPSA) is 49.9 Å². The highest BCUT2D eigenvalue weighted by molar-refractivity contribution is 5.79. The molecule has 0 spiro atoms. The Morgan fingerprint density at radius 3 is 2.39 bits per heavy atom. The van der Waals surface area contributed by atoms with Crippen LogP contribution in [0.2, 0.25) is 0 Å². The van der Waals surface area contributed by atoms with Gasteiger partial charge in [-0.25, -0.2) is 4.79 Å². The number of ether oxygens (including phenoxy) is 1. The first-order valence-electron chi connectivity index (χ1n) is 10.6. The summed E-state index contributed by atoms with van der Waals surface area (Å²) in [6, 6.07) is 6.73. The molecule has 1 saturated heterocycles. The van der Waals surface area contributed by atoms with E-state index in [1.807, 2.05) is 32.7 Å². The monoisotopic (exact) mass is 386 g/mol. The Balaban J connectivity index is 1.51. The minimum absolute atomic E-state index is 0.159. The van der Waals surface area contributed by atoms with Gasteiger partial charge in [0.1, 0.15) is 5.60 Å². The van der Waals surface area contributed by atoms with Crippen molar-refractivity contribution in [1.29, 1.82) is 0 Å². The van der Waals surface area contributed by atoms with Crippen LogP contribution >= 0.6 is 0 Å². The summed E-state index contributed by atoms with van der Waals surface area (Å²) >= 11 is 0. The number of carbonyl (C=O) groups excluding carboxylic acids is 2. The van der Waals surface area contributed by atoms with Crippen LogP contribution in [-0.4, -0.2) is 53.6 Å². The first-order valence-corrected chi connectivity index (χ1v) is 10.6. The molecular formula is C23H34N2O3. The summed E-state index contributed by atoms with van der Waals surface area (Å²) in [6.07, 6.45) is 6.62. The van der Waals surface area contributed by atoms with Gasteiger partial charge >= 0.3 is 6.09 Å². The molecule has 1 aromatic rings. The number of likely N-dealkylation sites (tertiary alicyclic amines) is 1. The summed E-state index contributed by atoms with van der Waals surface area (Å²) in [7, 11) is 1.90. The molecule has 1 heterocycles. The Morgan fingerprint density at radius 1 is 1.11 bits per heavy atom. The van der Waals surface area contributed by atoms with E-state index in [0.29, 0.717) is 19.5 Å². The molecule has 28 heavy (non-hydrogen) atoms. The van der Waals surface area contributed by atoms with Crippen molar-refractivity contribution in [2.24, 2.45) is 0 Å². The standard InChI is InChI=1S/C23H34N2O3/c1-23(2,3)28-22(27)25-13-11-20(12-14-25)24(4)21(26)16-17-9-10-18-7-5-6-8-19(18)15-17/h9-10,15,20H,5-8,11-14,16H2,1-4H3. The summed E-state index contributed by atoms with van der Waals surface area (Å²) in [4.78, 5) is 28.6. The maximum atomic E-state index is 12.8. The average Bonchev–Trinajstić information content (AvgIpc) is 2.66. The van der Waals surface area contributed by atoms with Gasteiger partial charge in [0, 0.05) is 26.2 Å². The first-order chi connectivity index (χ1) is 13.2. The predicted octanol–water partition coefficient (Wildman–Crippen LogP) is 3.97. The molecular weight excluding hydrogens is 352 g/mol. The molecule has 0 unspecified atom stereocenters. The number of amides is 2. The van der Waals surface area contributed by atoms with Crippen molar-refractivity contribution in [2.75, 3.05) is 20.1 Å². The molecule has 5 nitrogen and oxygen atoms in total. The van der Waals surface area contributed by atoms with Crippen LogP contribution in [0.4, 0.5) is 4.79 Å². The van der Waals surface area contributed by atoms with Gasteiger partial charge in [-0.3, -0.25) is 4.79 Å². The second-order valence-corrected chi connectivity index (χ2v) is 9.19. The Labute approximate surface area is 169 Å². The van der Waals surface area contributed by atoms with Crippen LogP contribution in [0.3, 0.4) is 0 Å². The number of benzene rings is 1. The molecule has 0 radical (unpaired) electrons. The molecule has 1 aliphatic heterocycles. The van der Waals surface area contributed by atoms with E-state index in [4.69, 9.17) is 4.74 Å². The minimum atomic E-state index is -0.477. The number of nitrogens with zero attached hydrogens (tertiary/aromatic N) is 2. The van der Waals surface area contributed by atoms with Crippen molar-refractivity contribution in [3.63, 3.8) is 0 Å². The summed E-state index contributed by atoms with van der Waals surface area (Å²) in [5.74, 6) is 0.159. The molecule has 5 heteroatoms. The molecule has 0 saturated carbocycles. The molecule has 1 aliphatic carbocycles. The van der Waals surface area contributed by atoms with Crippen LogP contribution in [0.5, 0.6) is 0 Å². The summed E-state index contributed by atoms with van der Waals surface area (Å²) in [5.41, 5.74) is 3.51. The van der Waals surface area contributed by atoms with E-state index >= 15 is 0 Å². The van der Waals surface area contributed by atoms with Crippen molar-refractivity contribution in [2.45, 2.75) is 77.4 Å². The summed E-state index contributed by atoms with van der Waals surface area (Å²) < 4.78 is 5.45. The van der Waals surface area contributed by atoms with Crippen LogP contribution < -0.4 is 0 Å². The fourth-order valence-corrected chi connectivity index (χ4v) is 4.16. The molecule has 0 aromatic heterocycles. The number of hydrogen-bond donors (Lipinski definition) is 0.